The number of hydrogen-bond acceptors (Lipinski definition) is 4. The molecule has 3 aromatic rings. The number of anilines is 2. The Bertz CT molecular complexity index is 1100. The maximum absolute atomic E-state index is 13.2. The predicted molar refractivity (Wildman–Crippen MR) is 114 cm³/mol. The highest BCUT2D eigenvalue weighted by molar-refractivity contribution is 7.10. The van der Waals surface area contributed by atoms with Gasteiger partial charge in [0.25, 0.3) is 5.91 Å². The van der Waals surface area contributed by atoms with Gasteiger partial charge >= 0.3 is 0 Å². The summed E-state index contributed by atoms with van der Waals surface area (Å²) in [5, 5.41) is 5.02. The van der Waals surface area contributed by atoms with Crippen LogP contribution < -0.4 is 15.0 Å². The molecule has 1 aliphatic carbocycles. The standard InChI is InChI=1S/C23H20N2O3S/c1-2-25-17-6-3-4-7-19(17)28-18-10-9-15(14-16(18)21(25)26)24-22(27)23(11-12-23)20-8-5-13-29-20/h3-10,13-14H,2,11-12H2,1H3,(H,24,27). The molecular formula is C23H20N2O3S. The number of carbonyl (C=O) groups is 2. The van der Waals surface area contributed by atoms with Gasteiger partial charge in [0.1, 0.15) is 5.75 Å². The van der Waals surface area contributed by atoms with E-state index in [2.05, 4.69) is 5.32 Å². The zero-order valence-electron chi connectivity index (χ0n) is 16.0. The van der Waals surface area contributed by atoms with Crippen molar-refractivity contribution in [3.05, 3.63) is 70.4 Å². The van der Waals surface area contributed by atoms with Crippen LogP contribution in [0.25, 0.3) is 0 Å². The molecule has 5 rings (SSSR count). The average molecular weight is 404 g/mol. The fourth-order valence-corrected chi connectivity index (χ4v) is 4.81. The van der Waals surface area contributed by atoms with Gasteiger partial charge in [-0.1, -0.05) is 18.2 Å². The summed E-state index contributed by atoms with van der Waals surface area (Å²) in [5.41, 5.74) is 1.38. The molecule has 2 heterocycles. The predicted octanol–water partition coefficient (Wildman–Crippen LogP) is 5.19. The molecule has 146 valence electrons. The molecule has 0 atom stereocenters. The number of nitrogens with one attached hydrogen (secondary N) is 1. The lowest BCUT2D eigenvalue weighted by atomic mass is 10.0. The van der Waals surface area contributed by atoms with E-state index < -0.39 is 5.41 Å². The molecule has 0 unspecified atom stereocenters. The minimum Gasteiger partial charge on any atom is -0.454 e. The molecule has 1 aromatic heterocycles. The van der Waals surface area contributed by atoms with Crippen molar-refractivity contribution in [1.29, 1.82) is 0 Å². The lowest BCUT2D eigenvalue weighted by Crippen LogP contribution is -2.30. The maximum atomic E-state index is 13.2. The molecule has 2 aliphatic rings. The van der Waals surface area contributed by atoms with E-state index in [0.717, 1.165) is 23.4 Å². The van der Waals surface area contributed by atoms with Crippen molar-refractivity contribution in [1.82, 2.24) is 0 Å². The highest BCUT2D eigenvalue weighted by Crippen LogP contribution is 2.50. The largest absolute Gasteiger partial charge is 0.454 e. The Morgan fingerprint density at radius 3 is 2.69 bits per heavy atom. The van der Waals surface area contributed by atoms with Crippen LogP contribution in [-0.4, -0.2) is 18.4 Å². The van der Waals surface area contributed by atoms with Crippen molar-refractivity contribution in [3.8, 4) is 11.5 Å². The van der Waals surface area contributed by atoms with E-state index in [4.69, 9.17) is 4.74 Å². The molecule has 6 heteroatoms. The van der Waals surface area contributed by atoms with Crippen LogP contribution in [0.5, 0.6) is 11.5 Å². The minimum atomic E-state index is -0.423. The summed E-state index contributed by atoms with van der Waals surface area (Å²) in [5.74, 6) is 0.990. The van der Waals surface area contributed by atoms with Crippen LogP contribution in [0.3, 0.4) is 0 Å². The Morgan fingerprint density at radius 2 is 1.97 bits per heavy atom. The fraction of sp³-hybridized carbons (Fsp3) is 0.217. The minimum absolute atomic E-state index is 0.0162. The zero-order chi connectivity index (χ0) is 20.0. The number of para-hydroxylation sites is 2. The molecule has 1 saturated carbocycles. The smallest absolute Gasteiger partial charge is 0.262 e. The monoisotopic (exact) mass is 404 g/mol. The third-order valence-corrected chi connectivity index (χ3v) is 6.66. The molecule has 0 bridgehead atoms. The molecule has 1 N–H and O–H groups in total. The van der Waals surface area contributed by atoms with E-state index in [9.17, 15) is 9.59 Å². The number of rotatable bonds is 4. The van der Waals surface area contributed by atoms with Gasteiger partial charge in [0.05, 0.1) is 16.7 Å². The van der Waals surface area contributed by atoms with Gasteiger partial charge in [-0.15, -0.1) is 11.3 Å². The maximum Gasteiger partial charge on any atom is 0.262 e. The van der Waals surface area contributed by atoms with E-state index in [1.54, 1.807) is 34.4 Å². The van der Waals surface area contributed by atoms with Crippen LogP contribution in [0.1, 0.15) is 35.0 Å². The quantitative estimate of drug-likeness (QED) is 0.651. The Kier molecular flexibility index (Phi) is 4.17. The summed E-state index contributed by atoms with van der Waals surface area (Å²) in [7, 11) is 0. The van der Waals surface area contributed by atoms with Crippen LogP contribution in [-0.2, 0) is 10.2 Å². The number of ether oxygens (including phenoxy) is 1. The molecule has 1 aliphatic heterocycles. The van der Waals surface area contributed by atoms with Crippen LogP contribution in [0.2, 0.25) is 0 Å². The molecule has 0 spiro atoms. The molecule has 0 saturated heterocycles. The summed E-state index contributed by atoms with van der Waals surface area (Å²) in [6.07, 6.45) is 1.70. The van der Waals surface area contributed by atoms with Gasteiger partial charge in [0, 0.05) is 17.1 Å². The van der Waals surface area contributed by atoms with Gasteiger partial charge in [-0.05, 0) is 61.5 Å². The van der Waals surface area contributed by atoms with Crippen LogP contribution in [0.4, 0.5) is 11.4 Å². The van der Waals surface area contributed by atoms with Gasteiger partial charge in [0.15, 0.2) is 5.75 Å². The van der Waals surface area contributed by atoms with E-state index in [-0.39, 0.29) is 11.8 Å². The SMILES string of the molecule is CCN1C(=O)c2cc(NC(=O)C3(c4cccs4)CC3)ccc2Oc2ccccc21. The Hall–Kier alpha value is -3.12. The second-order valence-corrected chi connectivity index (χ2v) is 8.29. The van der Waals surface area contributed by atoms with E-state index in [1.165, 1.54) is 0 Å². The normalized spacial score (nSPS) is 16.3. The third-order valence-electron chi connectivity index (χ3n) is 5.58. The van der Waals surface area contributed by atoms with Crippen molar-refractivity contribution in [2.24, 2.45) is 0 Å². The first-order valence-electron chi connectivity index (χ1n) is 9.70. The number of thiophene rings is 1. The highest BCUT2D eigenvalue weighted by Gasteiger charge is 2.52. The molecule has 5 nitrogen and oxygen atoms in total. The Morgan fingerprint density at radius 1 is 1.14 bits per heavy atom. The lowest BCUT2D eigenvalue weighted by Gasteiger charge is -2.20. The van der Waals surface area contributed by atoms with Crippen molar-refractivity contribution in [3.63, 3.8) is 0 Å². The molecule has 1 fully saturated rings. The van der Waals surface area contributed by atoms with Crippen molar-refractivity contribution in [2.75, 3.05) is 16.8 Å². The third kappa shape index (κ3) is 2.91. The summed E-state index contributed by atoms with van der Waals surface area (Å²) in [6.45, 7) is 2.46. The second-order valence-electron chi connectivity index (χ2n) is 7.34. The summed E-state index contributed by atoms with van der Waals surface area (Å²) >= 11 is 1.61. The summed E-state index contributed by atoms with van der Waals surface area (Å²) < 4.78 is 6.03. The van der Waals surface area contributed by atoms with Crippen LogP contribution >= 0.6 is 11.3 Å². The van der Waals surface area contributed by atoms with E-state index in [1.807, 2.05) is 48.7 Å². The second kappa shape index (κ2) is 6.74. The number of amides is 2. The van der Waals surface area contributed by atoms with Crippen molar-refractivity contribution < 1.29 is 14.3 Å². The average Bonchev–Trinajstić information content (AvgIpc) is 3.39. The van der Waals surface area contributed by atoms with Gasteiger partial charge in [0.2, 0.25) is 5.91 Å². The van der Waals surface area contributed by atoms with Crippen LogP contribution in [0, 0.1) is 0 Å². The van der Waals surface area contributed by atoms with Gasteiger partial charge < -0.3 is 15.0 Å². The summed E-state index contributed by atoms with van der Waals surface area (Å²) in [4.78, 5) is 29.0. The number of fused-ring (bicyclic) bond motifs is 2. The van der Waals surface area contributed by atoms with E-state index in [0.29, 0.717) is 29.3 Å². The summed E-state index contributed by atoms with van der Waals surface area (Å²) in [6, 6.07) is 16.8. The first-order chi connectivity index (χ1) is 14.1. The number of carbonyl (C=O) groups excluding carboxylic acids is 2. The highest BCUT2D eigenvalue weighted by atomic mass is 32.1. The van der Waals surface area contributed by atoms with Gasteiger partial charge in [-0.25, -0.2) is 0 Å². The topological polar surface area (TPSA) is 58.6 Å². The van der Waals surface area contributed by atoms with Crippen LogP contribution in [0.15, 0.2) is 60.0 Å². The zero-order valence-corrected chi connectivity index (χ0v) is 16.8. The molecule has 2 amide bonds. The molecular weight excluding hydrogens is 384 g/mol. The Labute approximate surface area is 172 Å². The van der Waals surface area contributed by atoms with E-state index >= 15 is 0 Å². The lowest BCUT2D eigenvalue weighted by molar-refractivity contribution is -0.118. The molecule has 2 aromatic carbocycles. The Balaban J connectivity index is 1.47. The van der Waals surface area contributed by atoms with Gasteiger partial charge in [-0.3, -0.25) is 9.59 Å². The number of benzene rings is 2. The number of nitrogens with zero attached hydrogens (tertiary/aromatic N) is 1. The first-order valence-corrected chi connectivity index (χ1v) is 10.6. The van der Waals surface area contributed by atoms with Crippen molar-refractivity contribution >= 4 is 34.5 Å². The van der Waals surface area contributed by atoms with Gasteiger partial charge in [-0.2, -0.15) is 0 Å². The molecule has 29 heavy (non-hydrogen) atoms. The van der Waals surface area contributed by atoms with Crippen molar-refractivity contribution in [2.45, 2.75) is 25.2 Å². The molecule has 0 radical (unpaired) electrons. The first kappa shape index (κ1) is 17.9. The fourth-order valence-electron chi connectivity index (χ4n) is 3.83. The number of hydrogen-bond donors (Lipinski definition) is 1.